The predicted molar refractivity (Wildman–Crippen MR) is 122 cm³/mol. The Morgan fingerprint density at radius 2 is 1.80 bits per heavy atom. The highest BCUT2D eigenvalue weighted by Crippen LogP contribution is 2.42. The molecule has 0 radical (unpaired) electrons. The average Bonchev–Trinajstić information content (AvgIpc) is 3.16. The molecule has 1 atom stereocenters. The minimum Gasteiger partial charge on any atom is -0.336 e. The average molecular weight is 463 g/mol. The van der Waals surface area contributed by atoms with E-state index in [1.165, 1.54) is 13.8 Å². The molecule has 6 nitrogen and oxygen atoms in total. The normalized spacial score (nSPS) is 11.7. The summed E-state index contributed by atoms with van der Waals surface area (Å²) < 4.78 is 1.98. The minimum absolute atomic E-state index is 0.0410. The van der Waals surface area contributed by atoms with Crippen molar-refractivity contribution in [3.05, 3.63) is 70.7 Å². The topological polar surface area (TPSA) is 76.0 Å². The molecule has 0 saturated heterocycles. The van der Waals surface area contributed by atoms with Crippen molar-refractivity contribution in [2.45, 2.75) is 30.5 Å². The van der Waals surface area contributed by atoms with Gasteiger partial charge in [-0.2, -0.15) is 0 Å². The Hall–Kier alpha value is -2.48. The van der Waals surface area contributed by atoms with Crippen LogP contribution in [-0.2, 0) is 16.1 Å². The molecule has 0 bridgehead atoms. The zero-order chi connectivity index (χ0) is 21.7. The van der Waals surface area contributed by atoms with Gasteiger partial charge in [0.2, 0.25) is 11.8 Å². The number of nitrogens with zero attached hydrogens (tertiary/aromatic N) is 2. The summed E-state index contributed by atoms with van der Waals surface area (Å²) in [6.45, 7) is 3.48. The van der Waals surface area contributed by atoms with Gasteiger partial charge in [0.05, 0.1) is 23.0 Å². The third-order valence-electron chi connectivity index (χ3n) is 4.14. The van der Waals surface area contributed by atoms with Crippen LogP contribution in [-0.4, -0.2) is 21.4 Å². The van der Waals surface area contributed by atoms with Gasteiger partial charge in [-0.1, -0.05) is 29.3 Å². The van der Waals surface area contributed by atoms with E-state index in [1.54, 1.807) is 36.4 Å². The van der Waals surface area contributed by atoms with Gasteiger partial charge in [0.15, 0.2) is 0 Å². The first kappa shape index (κ1) is 22.2. The Kier molecular flexibility index (Phi) is 7.42. The molecule has 0 aliphatic heterocycles. The van der Waals surface area contributed by atoms with Crippen LogP contribution >= 0.6 is 35.0 Å². The van der Waals surface area contributed by atoms with Gasteiger partial charge in [0.1, 0.15) is 0 Å². The summed E-state index contributed by atoms with van der Waals surface area (Å²) in [6.07, 6.45) is 5.36. The largest absolute Gasteiger partial charge is 0.336 e. The fourth-order valence-corrected chi connectivity index (χ4v) is 4.75. The van der Waals surface area contributed by atoms with Crippen LogP contribution < -0.4 is 10.6 Å². The second-order valence-corrected chi connectivity index (χ2v) is 8.72. The lowest BCUT2D eigenvalue weighted by Gasteiger charge is -2.20. The van der Waals surface area contributed by atoms with E-state index in [2.05, 4.69) is 15.6 Å². The number of benzene rings is 2. The number of carbonyl (C=O) groups is 2. The first-order valence-electron chi connectivity index (χ1n) is 9.08. The zero-order valence-electron chi connectivity index (χ0n) is 16.4. The van der Waals surface area contributed by atoms with Crippen LogP contribution in [0.3, 0.4) is 0 Å². The van der Waals surface area contributed by atoms with Crippen molar-refractivity contribution in [3.63, 3.8) is 0 Å². The van der Waals surface area contributed by atoms with E-state index in [0.29, 0.717) is 28.0 Å². The third-order valence-corrected chi connectivity index (χ3v) is 5.91. The van der Waals surface area contributed by atoms with Crippen LogP contribution in [0.1, 0.15) is 24.7 Å². The first-order chi connectivity index (χ1) is 14.3. The summed E-state index contributed by atoms with van der Waals surface area (Å²) in [5.41, 5.74) is 2.01. The van der Waals surface area contributed by atoms with Gasteiger partial charge in [0, 0.05) is 47.7 Å². The SMILES string of the molecule is CC(=O)Nc1ccc(SC(Cn2ccnc2)c2ccc(Cl)cc2Cl)cc1NC(C)=O. The number of thioether (sulfide) groups is 1. The molecule has 1 unspecified atom stereocenters. The Labute approximate surface area is 189 Å². The summed E-state index contributed by atoms with van der Waals surface area (Å²) in [4.78, 5) is 28.1. The zero-order valence-corrected chi connectivity index (χ0v) is 18.7. The number of nitrogens with one attached hydrogen (secondary N) is 2. The molecular weight excluding hydrogens is 443 g/mol. The van der Waals surface area contributed by atoms with Crippen molar-refractivity contribution in [1.29, 1.82) is 0 Å². The molecule has 2 N–H and O–H groups in total. The highest BCUT2D eigenvalue weighted by molar-refractivity contribution is 7.99. The summed E-state index contributed by atoms with van der Waals surface area (Å²) in [5.74, 6) is -0.438. The lowest BCUT2D eigenvalue weighted by Crippen LogP contribution is -2.12. The first-order valence-corrected chi connectivity index (χ1v) is 10.7. The fraction of sp³-hybridized carbons (Fsp3) is 0.190. The molecule has 0 aliphatic carbocycles. The van der Waals surface area contributed by atoms with Crippen molar-refractivity contribution < 1.29 is 9.59 Å². The van der Waals surface area contributed by atoms with E-state index in [-0.39, 0.29) is 17.1 Å². The van der Waals surface area contributed by atoms with Crippen molar-refractivity contribution >= 4 is 58.2 Å². The minimum atomic E-state index is -0.223. The van der Waals surface area contributed by atoms with Gasteiger partial charge in [-0.25, -0.2) is 4.98 Å². The Bertz CT molecular complexity index is 1060. The third kappa shape index (κ3) is 6.01. The van der Waals surface area contributed by atoms with Gasteiger partial charge >= 0.3 is 0 Å². The van der Waals surface area contributed by atoms with Crippen molar-refractivity contribution in [2.75, 3.05) is 10.6 Å². The molecule has 2 aromatic carbocycles. The molecule has 1 heterocycles. The Balaban J connectivity index is 1.94. The van der Waals surface area contributed by atoms with E-state index in [4.69, 9.17) is 23.2 Å². The number of imidazole rings is 1. The van der Waals surface area contributed by atoms with Gasteiger partial charge in [-0.15, -0.1) is 11.8 Å². The fourth-order valence-electron chi connectivity index (χ4n) is 2.90. The second-order valence-electron chi connectivity index (χ2n) is 6.60. The van der Waals surface area contributed by atoms with Crippen LogP contribution in [0, 0.1) is 0 Å². The molecule has 1 aromatic heterocycles. The highest BCUT2D eigenvalue weighted by atomic mass is 35.5. The Morgan fingerprint density at radius 3 is 2.43 bits per heavy atom. The van der Waals surface area contributed by atoms with Crippen LogP contribution in [0.2, 0.25) is 10.0 Å². The number of carbonyl (C=O) groups excluding carboxylic acids is 2. The highest BCUT2D eigenvalue weighted by Gasteiger charge is 2.19. The van der Waals surface area contributed by atoms with E-state index >= 15 is 0 Å². The van der Waals surface area contributed by atoms with Gasteiger partial charge in [-0.05, 0) is 35.9 Å². The van der Waals surface area contributed by atoms with Crippen molar-refractivity contribution in [2.24, 2.45) is 0 Å². The molecule has 0 aliphatic rings. The van der Waals surface area contributed by atoms with Crippen LogP contribution in [0.25, 0.3) is 0 Å². The van der Waals surface area contributed by atoms with Crippen LogP contribution in [0.5, 0.6) is 0 Å². The van der Waals surface area contributed by atoms with Gasteiger partial charge < -0.3 is 15.2 Å². The predicted octanol–water partition coefficient (Wildman–Crippen LogP) is 5.64. The second kappa shape index (κ2) is 10.0. The number of aromatic nitrogens is 2. The number of hydrogen-bond acceptors (Lipinski definition) is 4. The van der Waals surface area contributed by atoms with Crippen LogP contribution in [0.15, 0.2) is 60.0 Å². The molecule has 9 heteroatoms. The molecule has 3 rings (SSSR count). The lowest BCUT2D eigenvalue weighted by atomic mass is 10.1. The standard InChI is InChI=1S/C21H20Cl2N4O2S/c1-13(28)25-19-6-4-16(10-20(19)26-14(2)29)30-21(11-27-8-7-24-12-27)17-5-3-15(22)9-18(17)23/h3-10,12,21H,11H2,1-2H3,(H,25,28)(H,26,29). The maximum Gasteiger partial charge on any atom is 0.221 e. The van der Waals surface area contributed by atoms with E-state index in [0.717, 1.165) is 10.5 Å². The number of rotatable bonds is 7. The molecule has 30 heavy (non-hydrogen) atoms. The molecule has 156 valence electrons. The van der Waals surface area contributed by atoms with Crippen LogP contribution in [0.4, 0.5) is 11.4 Å². The summed E-state index contributed by atoms with van der Waals surface area (Å²) >= 11 is 14.1. The molecule has 0 spiro atoms. The van der Waals surface area contributed by atoms with Gasteiger partial charge in [-0.3, -0.25) is 9.59 Å². The maximum absolute atomic E-state index is 11.6. The summed E-state index contributed by atoms with van der Waals surface area (Å²) in [7, 11) is 0. The van der Waals surface area contributed by atoms with Crippen molar-refractivity contribution in [3.8, 4) is 0 Å². The van der Waals surface area contributed by atoms with E-state index in [9.17, 15) is 9.59 Å². The smallest absolute Gasteiger partial charge is 0.221 e. The number of halogens is 2. The van der Waals surface area contributed by atoms with E-state index in [1.807, 2.05) is 35.0 Å². The number of hydrogen-bond donors (Lipinski definition) is 2. The van der Waals surface area contributed by atoms with Crippen molar-refractivity contribution in [1.82, 2.24) is 9.55 Å². The Morgan fingerprint density at radius 1 is 1.07 bits per heavy atom. The number of anilines is 2. The maximum atomic E-state index is 11.6. The lowest BCUT2D eigenvalue weighted by molar-refractivity contribution is -0.115. The molecular formula is C21H20Cl2N4O2S. The quantitative estimate of drug-likeness (QED) is 0.445. The molecule has 2 amide bonds. The molecule has 3 aromatic rings. The monoisotopic (exact) mass is 462 g/mol. The molecule has 0 fully saturated rings. The summed E-state index contributed by atoms with van der Waals surface area (Å²) in [5, 5.41) is 6.61. The van der Waals surface area contributed by atoms with E-state index < -0.39 is 0 Å². The van der Waals surface area contributed by atoms with Gasteiger partial charge in [0.25, 0.3) is 0 Å². The summed E-state index contributed by atoms with van der Waals surface area (Å²) in [6, 6.07) is 11.0. The molecule has 0 saturated carbocycles. The number of amides is 2.